The molecular weight excluding hydrogens is 232 g/mol. The number of rotatable bonds is 5. The van der Waals surface area contributed by atoms with Gasteiger partial charge in [0, 0.05) is 11.7 Å². The smallest absolute Gasteiger partial charge is 0.338 e. The molecule has 3 N–H and O–H groups in total. The Morgan fingerprint density at radius 3 is 2.50 bits per heavy atom. The second kappa shape index (κ2) is 6.64. The van der Waals surface area contributed by atoms with E-state index >= 15 is 0 Å². The minimum atomic E-state index is -0.533. The number of esters is 1. The van der Waals surface area contributed by atoms with Crippen LogP contribution in [0.1, 0.15) is 30.6 Å². The van der Waals surface area contributed by atoms with Gasteiger partial charge in [-0.15, -0.1) is 0 Å². The normalized spacial score (nSPS) is 11.7. The molecule has 18 heavy (non-hydrogen) atoms. The fourth-order valence-corrected chi connectivity index (χ4v) is 1.25. The Balaban J connectivity index is 2.41. The monoisotopic (exact) mass is 250 g/mol. The summed E-state index contributed by atoms with van der Waals surface area (Å²) in [5.41, 5.74) is 6.45. The predicted octanol–water partition coefficient (Wildman–Crippen LogP) is 1.34. The topological polar surface area (TPSA) is 81.4 Å². The van der Waals surface area contributed by atoms with Crippen LogP contribution in [-0.2, 0) is 9.53 Å². The van der Waals surface area contributed by atoms with Crippen LogP contribution in [0.5, 0.6) is 0 Å². The van der Waals surface area contributed by atoms with Crippen molar-refractivity contribution >= 4 is 17.6 Å². The van der Waals surface area contributed by atoms with Gasteiger partial charge in [-0.2, -0.15) is 0 Å². The lowest BCUT2D eigenvalue weighted by atomic mass is 10.2. The highest BCUT2D eigenvalue weighted by Gasteiger charge is 2.11. The van der Waals surface area contributed by atoms with Gasteiger partial charge in [-0.05, 0) is 37.6 Å². The van der Waals surface area contributed by atoms with Crippen LogP contribution in [0.4, 0.5) is 5.69 Å². The van der Waals surface area contributed by atoms with Crippen molar-refractivity contribution in [1.29, 1.82) is 0 Å². The molecule has 0 heterocycles. The summed E-state index contributed by atoms with van der Waals surface area (Å²) >= 11 is 0. The minimum absolute atomic E-state index is 0.0766. The Hall–Kier alpha value is -2.04. The van der Waals surface area contributed by atoms with E-state index in [0.29, 0.717) is 11.3 Å². The fourth-order valence-electron chi connectivity index (χ4n) is 1.25. The van der Waals surface area contributed by atoms with Crippen molar-refractivity contribution in [3.63, 3.8) is 0 Å². The largest absolute Gasteiger partial charge is 0.452 e. The van der Waals surface area contributed by atoms with Gasteiger partial charge in [-0.3, -0.25) is 4.79 Å². The van der Waals surface area contributed by atoms with E-state index in [9.17, 15) is 9.59 Å². The summed E-state index contributed by atoms with van der Waals surface area (Å²) in [7, 11) is 0. The molecule has 1 aromatic rings. The highest BCUT2D eigenvalue weighted by atomic mass is 16.5. The molecule has 1 atom stereocenters. The van der Waals surface area contributed by atoms with Gasteiger partial charge >= 0.3 is 5.97 Å². The van der Waals surface area contributed by atoms with Crippen LogP contribution < -0.4 is 11.1 Å². The predicted molar refractivity (Wildman–Crippen MR) is 69.0 cm³/mol. The summed E-state index contributed by atoms with van der Waals surface area (Å²) in [6.07, 6.45) is 0.831. The lowest BCUT2D eigenvalue weighted by molar-refractivity contribution is -0.124. The second-order valence-electron chi connectivity index (χ2n) is 4.07. The van der Waals surface area contributed by atoms with Gasteiger partial charge in [-0.1, -0.05) is 6.92 Å². The molecule has 0 saturated heterocycles. The Morgan fingerprint density at radius 2 is 1.94 bits per heavy atom. The van der Waals surface area contributed by atoms with Gasteiger partial charge in [0.15, 0.2) is 6.61 Å². The molecule has 5 nitrogen and oxygen atoms in total. The van der Waals surface area contributed by atoms with Crippen molar-refractivity contribution in [3.8, 4) is 0 Å². The number of amides is 1. The molecule has 0 aromatic heterocycles. The number of ether oxygens (including phenoxy) is 1. The van der Waals surface area contributed by atoms with Crippen molar-refractivity contribution < 1.29 is 14.3 Å². The maximum Gasteiger partial charge on any atom is 0.338 e. The molecule has 0 unspecified atom stereocenters. The van der Waals surface area contributed by atoms with Gasteiger partial charge in [0.05, 0.1) is 5.56 Å². The van der Waals surface area contributed by atoms with E-state index in [-0.39, 0.29) is 18.6 Å². The van der Waals surface area contributed by atoms with Crippen molar-refractivity contribution in [1.82, 2.24) is 5.32 Å². The highest BCUT2D eigenvalue weighted by Crippen LogP contribution is 2.06. The zero-order chi connectivity index (χ0) is 13.5. The average Bonchev–Trinajstić information content (AvgIpc) is 2.36. The average molecular weight is 250 g/mol. The van der Waals surface area contributed by atoms with Crippen molar-refractivity contribution in [2.75, 3.05) is 12.3 Å². The zero-order valence-corrected chi connectivity index (χ0v) is 10.6. The molecule has 0 aliphatic heterocycles. The number of nitrogen functional groups attached to an aromatic ring is 1. The fraction of sp³-hybridized carbons (Fsp3) is 0.385. The third-order valence-corrected chi connectivity index (χ3v) is 2.50. The molecule has 0 fully saturated rings. The standard InChI is InChI=1S/C13H18N2O3/c1-3-9(2)15-12(16)8-18-13(17)10-4-6-11(14)7-5-10/h4-7,9H,3,8,14H2,1-2H3,(H,15,16)/t9-/m0/s1. The first-order valence-corrected chi connectivity index (χ1v) is 5.85. The molecule has 0 saturated carbocycles. The Bertz CT molecular complexity index is 415. The molecule has 1 rings (SSSR count). The van der Waals surface area contributed by atoms with Crippen molar-refractivity contribution in [2.45, 2.75) is 26.3 Å². The van der Waals surface area contributed by atoms with Crippen LogP contribution in [0.15, 0.2) is 24.3 Å². The van der Waals surface area contributed by atoms with E-state index < -0.39 is 5.97 Å². The Kier molecular flexibility index (Phi) is 5.17. The maximum atomic E-state index is 11.6. The second-order valence-corrected chi connectivity index (χ2v) is 4.07. The summed E-state index contributed by atoms with van der Waals surface area (Å²) in [4.78, 5) is 23.0. The first-order valence-electron chi connectivity index (χ1n) is 5.85. The maximum absolute atomic E-state index is 11.6. The van der Waals surface area contributed by atoms with E-state index in [0.717, 1.165) is 6.42 Å². The number of benzene rings is 1. The molecule has 1 aromatic carbocycles. The van der Waals surface area contributed by atoms with Gasteiger partial charge in [0.25, 0.3) is 5.91 Å². The summed E-state index contributed by atoms with van der Waals surface area (Å²) in [6, 6.07) is 6.41. The van der Waals surface area contributed by atoms with Gasteiger partial charge in [0.2, 0.25) is 0 Å². The lowest BCUT2D eigenvalue weighted by Gasteiger charge is -2.11. The number of nitrogens with one attached hydrogen (secondary N) is 1. The third kappa shape index (κ3) is 4.45. The quantitative estimate of drug-likeness (QED) is 0.610. The van der Waals surface area contributed by atoms with Crippen LogP contribution in [0, 0.1) is 0 Å². The van der Waals surface area contributed by atoms with E-state index in [1.165, 1.54) is 0 Å². The molecule has 0 aliphatic carbocycles. The van der Waals surface area contributed by atoms with E-state index in [2.05, 4.69) is 5.32 Å². The summed E-state index contributed by atoms with van der Waals surface area (Å²) in [5, 5.41) is 2.71. The number of hydrogen-bond donors (Lipinski definition) is 2. The third-order valence-electron chi connectivity index (χ3n) is 2.50. The molecular formula is C13H18N2O3. The summed E-state index contributed by atoms with van der Waals surface area (Å²) in [5.74, 6) is -0.831. The number of hydrogen-bond acceptors (Lipinski definition) is 4. The molecule has 5 heteroatoms. The first-order chi connectivity index (χ1) is 8.52. The molecule has 0 bridgehead atoms. The van der Waals surface area contributed by atoms with Crippen LogP contribution in [0.25, 0.3) is 0 Å². The van der Waals surface area contributed by atoms with E-state index in [1.807, 2.05) is 13.8 Å². The van der Waals surface area contributed by atoms with Crippen LogP contribution >= 0.6 is 0 Å². The Morgan fingerprint density at radius 1 is 1.33 bits per heavy atom. The van der Waals surface area contributed by atoms with Crippen molar-refractivity contribution in [2.24, 2.45) is 0 Å². The SMILES string of the molecule is CC[C@H](C)NC(=O)COC(=O)c1ccc(N)cc1. The number of carbonyl (C=O) groups is 2. The molecule has 0 spiro atoms. The van der Waals surface area contributed by atoms with E-state index in [1.54, 1.807) is 24.3 Å². The molecule has 0 aliphatic rings. The van der Waals surface area contributed by atoms with Gasteiger partial charge in [0.1, 0.15) is 0 Å². The minimum Gasteiger partial charge on any atom is -0.452 e. The summed E-state index contributed by atoms with van der Waals surface area (Å²) in [6.45, 7) is 3.58. The lowest BCUT2D eigenvalue weighted by Crippen LogP contribution is -2.35. The van der Waals surface area contributed by atoms with Crippen LogP contribution in [-0.4, -0.2) is 24.5 Å². The highest BCUT2D eigenvalue weighted by molar-refractivity contribution is 5.91. The molecule has 0 radical (unpaired) electrons. The van der Waals surface area contributed by atoms with Gasteiger partial charge in [-0.25, -0.2) is 4.79 Å². The number of anilines is 1. The number of carbonyl (C=O) groups excluding carboxylic acids is 2. The summed E-state index contributed by atoms with van der Waals surface area (Å²) < 4.78 is 4.88. The van der Waals surface area contributed by atoms with Crippen LogP contribution in [0.3, 0.4) is 0 Å². The molecule has 98 valence electrons. The van der Waals surface area contributed by atoms with Crippen molar-refractivity contribution in [3.05, 3.63) is 29.8 Å². The molecule has 1 amide bonds. The van der Waals surface area contributed by atoms with E-state index in [4.69, 9.17) is 10.5 Å². The van der Waals surface area contributed by atoms with Gasteiger partial charge < -0.3 is 15.8 Å². The first kappa shape index (κ1) is 14.0. The zero-order valence-electron chi connectivity index (χ0n) is 10.6. The van der Waals surface area contributed by atoms with Crippen LogP contribution in [0.2, 0.25) is 0 Å². The Labute approximate surface area is 106 Å². The number of nitrogens with two attached hydrogens (primary N) is 1.